The Bertz CT molecular complexity index is 663. The van der Waals surface area contributed by atoms with Crippen LogP contribution in [0.25, 0.3) is 0 Å². The van der Waals surface area contributed by atoms with E-state index in [0.717, 1.165) is 0 Å². The topological polar surface area (TPSA) is 95.5 Å². The summed E-state index contributed by atoms with van der Waals surface area (Å²) in [5, 5.41) is 7.69. The number of amides is 2. The van der Waals surface area contributed by atoms with Crippen molar-refractivity contribution in [2.45, 2.75) is 4.90 Å². The lowest BCUT2D eigenvalue weighted by atomic mass is 10.3. The Balaban J connectivity index is 2.02. The second-order valence-corrected chi connectivity index (χ2v) is 5.93. The Morgan fingerprint density at radius 2 is 1.79 bits per heavy atom. The minimum Gasteiger partial charge on any atom is -0.308 e. The van der Waals surface area contributed by atoms with Crippen molar-refractivity contribution in [3.63, 3.8) is 0 Å². The summed E-state index contributed by atoms with van der Waals surface area (Å²) in [7, 11) is -4.22. The van der Waals surface area contributed by atoms with Crippen LogP contribution in [-0.4, -0.2) is 19.0 Å². The minimum atomic E-state index is -4.22. The summed E-state index contributed by atoms with van der Waals surface area (Å²) in [5.41, 5.74) is 0.418. The van der Waals surface area contributed by atoms with Crippen LogP contribution in [0.2, 0.25) is 0 Å². The van der Waals surface area contributed by atoms with Gasteiger partial charge >= 0.3 is 6.03 Å². The Morgan fingerprint density at radius 1 is 1.11 bits per heavy atom. The molecule has 0 saturated carbocycles. The first-order chi connectivity index (χ1) is 8.95. The third kappa shape index (κ3) is 3.78. The van der Waals surface area contributed by atoms with E-state index in [2.05, 4.69) is 10.6 Å². The fourth-order valence-corrected chi connectivity index (χ4v) is 2.43. The molecule has 1 aromatic carbocycles. The summed E-state index contributed by atoms with van der Waals surface area (Å²) in [6, 6.07) is 8.31. The first kappa shape index (κ1) is 13.5. The largest absolute Gasteiger partial charge is 0.324 e. The molecular weight excluding hydrogens is 288 g/mol. The normalized spacial score (nSPS) is 11.0. The molecule has 2 rings (SSSR count). The second-order valence-electron chi connectivity index (χ2n) is 3.56. The lowest BCUT2D eigenvalue weighted by Crippen LogP contribution is -2.18. The van der Waals surface area contributed by atoms with E-state index in [-0.39, 0.29) is 4.90 Å². The number of thiophene rings is 1. The van der Waals surface area contributed by atoms with Gasteiger partial charge in [-0.1, -0.05) is 0 Å². The fraction of sp³-hybridized carbons (Fsp3) is 0. The van der Waals surface area contributed by atoms with Crippen LogP contribution in [0.3, 0.4) is 0 Å². The third-order valence-electron chi connectivity index (χ3n) is 2.17. The molecule has 0 bridgehead atoms. The molecule has 3 N–H and O–H groups in total. The zero-order valence-electron chi connectivity index (χ0n) is 9.53. The average molecular weight is 298 g/mol. The maximum atomic E-state index is 11.6. The molecule has 0 aliphatic heterocycles. The summed E-state index contributed by atoms with van der Waals surface area (Å²) >= 11 is 1.38. The summed E-state index contributed by atoms with van der Waals surface area (Å²) in [4.78, 5) is 11.4. The molecule has 8 heteroatoms. The van der Waals surface area contributed by atoms with Crippen LogP contribution in [0, 0.1) is 0 Å². The average Bonchev–Trinajstić information content (AvgIpc) is 2.81. The number of carbonyl (C=O) groups excluding carboxylic acids is 1. The standard InChI is InChI=1S/C11H10N2O4S2/c14-11(13-10-2-1-7-18-10)12-8-3-5-9(6-4-8)19(15,16)17/h1-7H,(H2,12,13,14)(H,15,16,17). The van der Waals surface area contributed by atoms with Gasteiger partial charge in [-0.3, -0.25) is 9.87 Å². The number of hydrogen-bond acceptors (Lipinski definition) is 4. The van der Waals surface area contributed by atoms with Gasteiger partial charge < -0.3 is 5.32 Å². The molecule has 0 fully saturated rings. The van der Waals surface area contributed by atoms with Gasteiger partial charge in [-0.15, -0.1) is 11.3 Å². The molecule has 100 valence electrons. The molecule has 2 amide bonds. The molecule has 2 aromatic rings. The number of anilines is 2. The van der Waals surface area contributed by atoms with Gasteiger partial charge in [0.15, 0.2) is 0 Å². The van der Waals surface area contributed by atoms with Gasteiger partial charge in [0.2, 0.25) is 0 Å². The van der Waals surface area contributed by atoms with Crippen LogP contribution >= 0.6 is 11.3 Å². The highest BCUT2D eigenvalue weighted by atomic mass is 32.2. The summed E-state index contributed by atoms with van der Waals surface area (Å²) in [6.45, 7) is 0. The lowest BCUT2D eigenvalue weighted by molar-refractivity contribution is 0.262. The predicted molar refractivity (Wildman–Crippen MR) is 73.2 cm³/mol. The Hall–Kier alpha value is -1.90. The second kappa shape index (κ2) is 5.39. The molecule has 1 aromatic heterocycles. The van der Waals surface area contributed by atoms with Crippen molar-refractivity contribution < 1.29 is 17.8 Å². The van der Waals surface area contributed by atoms with Gasteiger partial charge in [0.05, 0.1) is 9.90 Å². The molecule has 0 aliphatic rings. The number of rotatable bonds is 3. The van der Waals surface area contributed by atoms with E-state index in [4.69, 9.17) is 4.55 Å². The van der Waals surface area contributed by atoms with Crippen molar-refractivity contribution in [1.29, 1.82) is 0 Å². The van der Waals surface area contributed by atoms with E-state index < -0.39 is 16.1 Å². The molecule has 0 atom stereocenters. The maximum Gasteiger partial charge on any atom is 0.324 e. The third-order valence-corrected chi connectivity index (χ3v) is 3.82. The molecule has 6 nitrogen and oxygen atoms in total. The van der Waals surface area contributed by atoms with Crippen LogP contribution in [0.4, 0.5) is 15.5 Å². The molecule has 19 heavy (non-hydrogen) atoms. The van der Waals surface area contributed by atoms with Gasteiger partial charge in [-0.2, -0.15) is 8.42 Å². The lowest BCUT2D eigenvalue weighted by Gasteiger charge is -2.06. The van der Waals surface area contributed by atoms with Crippen LogP contribution in [0.15, 0.2) is 46.7 Å². The monoisotopic (exact) mass is 298 g/mol. The molecular formula is C11H10N2O4S2. The summed E-state index contributed by atoms with van der Waals surface area (Å²) < 4.78 is 30.5. The van der Waals surface area contributed by atoms with Crippen LogP contribution in [0.5, 0.6) is 0 Å². The number of hydrogen-bond donors (Lipinski definition) is 3. The van der Waals surface area contributed by atoms with E-state index in [1.807, 2.05) is 5.38 Å². The highest BCUT2D eigenvalue weighted by molar-refractivity contribution is 7.85. The quantitative estimate of drug-likeness (QED) is 0.759. The van der Waals surface area contributed by atoms with E-state index in [0.29, 0.717) is 10.7 Å². The van der Waals surface area contributed by atoms with Gasteiger partial charge in [0, 0.05) is 5.69 Å². The number of urea groups is 1. The predicted octanol–water partition coefficient (Wildman–Crippen LogP) is 2.64. The van der Waals surface area contributed by atoms with Crippen molar-refractivity contribution in [2.75, 3.05) is 10.6 Å². The molecule has 1 heterocycles. The van der Waals surface area contributed by atoms with Crippen LogP contribution in [-0.2, 0) is 10.1 Å². The maximum absolute atomic E-state index is 11.6. The fourth-order valence-electron chi connectivity index (χ4n) is 1.33. The van der Waals surface area contributed by atoms with Gasteiger partial charge in [0.25, 0.3) is 10.1 Å². The molecule has 0 unspecified atom stereocenters. The van der Waals surface area contributed by atoms with Gasteiger partial charge in [-0.25, -0.2) is 4.79 Å². The van der Waals surface area contributed by atoms with Crippen molar-refractivity contribution in [1.82, 2.24) is 0 Å². The van der Waals surface area contributed by atoms with Gasteiger partial charge in [0.1, 0.15) is 0 Å². The van der Waals surface area contributed by atoms with Crippen molar-refractivity contribution in [3.05, 3.63) is 41.8 Å². The summed E-state index contributed by atoms with van der Waals surface area (Å²) in [5.74, 6) is 0. The Labute approximate surface area is 113 Å². The summed E-state index contributed by atoms with van der Waals surface area (Å²) in [6.07, 6.45) is 0. The molecule has 0 radical (unpaired) electrons. The van der Waals surface area contributed by atoms with Crippen molar-refractivity contribution in [2.24, 2.45) is 0 Å². The molecule has 0 saturated heterocycles. The van der Waals surface area contributed by atoms with Crippen molar-refractivity contribution in [3.8, 4) is 0 Å². The van der Waals surface area contributed by atoms with E-state index in [9.17, 15) is 13.2 Å². The smallest absolute Gasteiger partial charge is 0.308 e. The zero-order valence-corrected chi connectivity index (χ0v) is 11.2. The number of benzene rings is 1. The zero-order chi connectivity index (χ0) is 13.9. The Morgan fingerprint density at radius 3 is 2.32 bits per heavy atom. The first-order valence-electron chi connectivity index (χ1n) is 5.14. The van der Waals surface area contributed by atoms with E-state index >= 15 is 0 Å². The Kier molecular flexibility index (Phi) is 3.84. The van der Waals surface area contributed by atoms with Crippen LogP contribution in [0.1, 0.15) is 0 Å². The minimum absolute atomic E-state index is 0.225. The van der Waals surface area contributed by atoms with Crippen molar-refractivity contribution >= 4 is 38.2 Å². The number of carbonyl (C=O) groups is 1. The SMILES string of the molecule is O=C(Nc1ccc(S(=O)(=O)O)cc1)Nc1cccs1. The van der Waals surface area contributed by atoms with Crippen LogP contribution < -0.4 is 10.6 Å². The van der Waals surface area contributed by atoms with Gasteiger partial charge in [-0.05, 0) is 41.8 Å². The highest BCUT2D eigenvalue weighted by Crippen LogP contribution is 2.17. The van der Waals surface area contributed by atoms with E-state index in [1.165, 1.54) is 35.6 Å². The molecule has 0 spiro atoms. The highest BCUT2D eigenvalue weighted by Gasteiger charge is 2.09. The first-order valence-corrected chi connectivity index (χ1v) is 7.46. The van der Waals surface area contributed by atoms with E-state index in [1.54, 1.807) is 12.1 Å². The number of nitrogens with one attached hydrogen (secondary N) is 2. The molecule has 0 aliphatic carbocycles.